The highest BCUT2D eigenvalue weighted by molar-refractivity contribution is 7.90. The van der Waals surface area contributed by atoms with Gasteiger partial charge in [0.25, 0.3) is 5.91 Å². The molecular formula is C15H12FN5O3S2. The fourth-order valence-electron chi connectivity index (χ4n) is 1.92. The molecule has 1 amide bonds. The summed E-state index contributed by atoms with van der Waals surface area (Å²) in [4.78, 5) is 19.9. The van der Waals surface area contributed by atoms with Crippen LogP contribution in [-0.2, 0) is 10.0 Å². The van der Waals surface area contributed by atoms with E-state index in [1.165, 1.54) is 25.3 Å². The third-order valence-electron chi connectivity index (χ3n) is 3.21. The van der Waals surface area contributed by atoms with E-state index < -0.39 is 21.7 Å². The van der Waals surface area contributed by atoms with E-state index in [0.717, 1.165) is 17.5 Å². The molecule has 0 aliphatic heterocycles. The molecule has 0 unspecified atom stereocenters. The molecule has 0 aliphatic rings. The lowest BCUT2D eigenvalue weighted by atomic mass is 10.3. The van der Waals surface area contributed by atoms with E-state index in [-0.39, 0.29) is 11.4 Å². The molecule has 26 heavy (non-hydrogen) atoms. The van der Waals surface area contributed by atoms with Gasteiger partial charge in [-0.15, -0.1) is 10.2 Å². The Morgan fingerprint density at radius 3 is 2.73 bits per heavy atom. The fraction of sp³-hybridized carbons (Fsp3) is 0.133. The molecule has 0 bridgehead atoms. The summed E-state index contributed by atoms with van der Waals surface area (Å²) in [6, 6.07) is 5.84. The normalized spacial score (nSPS) is 11.3. The zero-order valence-corrected chi connectivity index (χ0v) is 15.0. The van der Waals surface area contributed by atoms with Crippen molar-refractivity contribution in [1.82, 2.24) is 24.9 Å². The monoisotopic (exact) mass is 393 g/mol. The first-order chi connectivity index (χ1) is 12.4. The molecular weight excluding hydrogens is 381 g/mol. The van der Waals surface area contributed by atoms with Gasteiger partial charge in [0.05, 0.1) is 11.9 Å². The largest absolute Gasteiger partial charge is 0.283 e. The van der Waals surface area contributed by atoms with Crippen LogP contribution in [-0.4, -0.2) is 40.2 Å². The van der Waals surface area contributed by atoms with Gasteiger partial charge in [-0.1, -0.05) is 17.4 Å². The first-order valence-electron chi connectivity index (χ1n) is 7.34. The van der Waals surface area contributed by atoms with E-state index in [0.29, 0.717) is 21.3 Å². The van der Waals surface area contributed by atoms with Gasteiger partial charge in [0.1, 0.15) is 22.2 Å². The van der Waals surface area contributed by atoms with Gasteiger partial charge in [-0.05, 0) is 25.1 Å². The molecule has 0 aromatic carbocycles. The van der Waals surface area contributed by atoms with Crippen LogP contribution in [0.5, 0.6) is 0 Å². The number of carbonyl (C=O) groups excluding carboxylic acids is 1. The Morgan fingerprint density at radius 1 is 1.23 bits per heavy atom. The number of nitrogens with one attached hydrogen (secondary N) is 1. The number of hydrogen-bond acceptors (Lipinski definition) is 8. The van der Waals surface area contributed by atoms with E-state index in [1.807, 2.05) is 4.72 Å². The molecule has 0 fully saturated rings. The van der Waals surface area contributed by atoms with Crippen LogP contribution in [0.1, 0.15) is 17.4 Å². The van der Waals surface area contributed by atoms with Crippen LogP contribution in [0.2, 0.25) is 0 Å². The van der Waals surface area contributed by atoms with Gasteiger partial charge in [-0.2, -0.15) is 0 Å². The van der Waals surface area contributed by atoms with Crippen LogP contribution >= 0.6 is 11.3 Å². The quantitative estimate of drug-likeness (QED) is 0.704. The molecule has 3 aromatic heterocycles. The van der Waals surface area contributed by atoms with Gasteiger partial charge in [0.15, 0.2) is 5.01 Å². The average Bonchev–Trinajstić information content (AvgIpc) is 3.12. The summed E-state index contributed by atoms with van der Waals surface area (Å²) >= 11 is 1.14. The maximum absolute atomic E-state index is 13.3. The van der Waals surface area contributed by atoms with Gasteiger partial charge in [-0.25, -0.2) is 22.5 Å². The molecule has 134 valence electrons. The number of halogens is 1. The van der Waals surface area contributed by atoms with Crippen molar-refractivity contribution in [1.29, 1.82) is 0 Å². The third kappa shape index (κ3) is 4.06. The van der Waals surface area contributed by atoms with Crippen molar-refractivity contribution in [2.45, 2.75) is 6.92 Å². The molecule has 0 saturated carbocycles. The van der Waals surface area contributed by atoms with Gasteiger partial charge >= 0.3 is 0 Å². The van der Waals surface area contributed by atoms with Crippen LogP contribution in [0.15, 0.2) is 36.7 Å². The maximum Gasteiger partial charge on any atom is 0.283 e. The van der Waals surface area contributed by atoms with E-state index in [4.69, 9.17) is 0 Å². The number of sulfonamides is 1. The van der Waals surface area contributed by atoms with Crippen molar-refractivity contribution in [3.63, 3.8) is 0 Å². The molecule has 0 radical (unpaired) electrons. The van der Waals surface area contributed by atoms with Crippen molar-refractivity contribution < 1.29 is 17.6 Å². The number of carbonyl (C=O) groups is 1. The first kappa shape index (κ1) is 18.0. The number of aromatic nitrogens is 4. The number of rotatable bonds is 5. The van der Waals surface area contributed by atoms with Crippen molar-refractivity contribution in [3.8, 4) is 21.3 Å². The molecule has 0 saturated heterocycles. The first-order valence-corrected chi connectivity index (χ1v) is 9.81. The summed E-state index contributed by atoms with van der Waals surface area (Å²) in [5.74, 6) is -1.54. The predicted molar refractivity (Wildman–Crippen MR) is 93.3 cm³/mol. The van der Waals surface area contributed by atoms with E-state index in [9.17, 15) is 17.6 Å². The van der Waals surface area contributed by atoms with Crippen molar-refractivity contribution >= 4 is 27.3 Å². The summed E-state index contributed by atoms with van der Waals surface area (Å²) in [6.45, 7) is 1.42. The smallest absolute Gasteiger partial charge is 0.266 e. The Hall–Kier alpha value is -2.79. The number of nitrogens with zero attached hydrogens (tertiary/aromatic N) is 4. The molecule has 0 atom stereocenters. The highest BCUT2D eigenvalue weighted by Gasteiger charge is 2.17. The molecule has 1 N–H and O–H groups in total. The zero-order valence-electron chi connectivity index (χ0n) is 13.4. The minimum atomic E-state index is -3.69. The van der Waals surface area contributed by atoms with Crippen LogP contribution in [0, 0.1) is 5.82 Å². The third-order valence-corrected chi connectivity index (χ3v) is 5.46. The second-order valence-electron chi connectivity index (χ2n) is 5.05. The van der Waals surface area contributed by atoms with E-state index >= 15 is 0 Å². The Balaban J connectivity index is 1.88. The Labute approximate surface area is 152 Å². The van der Waals surface area contributed by atoms with Crippen LogP contribution in [0.3, 0.4) is 0 Å². The Morgan fingerprint density at radius 2 is 2.00 bits per heavy atom. The zero-order chi connectivity index (χ0) is 18.7. The predicted octanol–water partition coefficient (Wildman–Crippen LogP) is 1.88. The summed E-state index contributed by atoms with van der Waals surface area (Å²) < 4.78 is 38.2. The average molecular weight is 393 g/mol. The van der Waals surface area contributed by atoms with E-state index in [1.54, 1.807) is 12.1 Å². The highest BCUT2D eigenvalue weighted by atomic mass is 32.2. The molecule has 3 aromatic rings. The summed E-state index contributed by atoms with van der Waals surface area (Å²) in [7, 11) is -3.69. The lowest BCUT2D eigenvalue weighted by Gasteiger charge is -2.04. The minimum absolute atomic E-state index is 0.0660. The number of hydrogen-bond donors (Lipinski definition) is 1. The molecule has 0 spiro atoms. The van der Waals surface area contributed by atoms with Gasteiger partial charge in [0.2, 0.25) is 10.0 Å². The summed E-state index contributed by atoms with van der Waals surface area (Å²) in [5, 5.41) is 8.81. The second-order valence-corrected chi connectivity index (χ2v) is 8.04. The van der Waals surface area contributed by atoms with Crippen LogP contribution in [0.25, 0.3) is 21.3 Å². The minimum Gasteiger partial charge on any atom is -0.266 e. The highest BCUT2D eigenvalue weighted by Crippen LogP contribution is 2.28. The van der Waals surface area contributed by atoms with Crippen LogP contribution < -0.4 is 4.72 Å². The lowest BCUT2D eigenvalue weighted by Crippen LogP contribution is -2.32. The molecule has 3 rings (SSSR count). The number of pyridine rings is 2. The van der Waals surface area contributed by atoms with Crippen molar-refractivity contribution in [2.75, 3.05) is 5.75 Å². The topological polar surface area (TPSA) is 115 Å². The fourth-order valence-corrected chi connectivity index (χ4v) is 3.24. The van der Waals surface area contributed by atoms with Crippen molar-refractivity contribution in [2.24, 2.45) is 0 Å². The molecule has 8 nitrogen and oxygen atoms in total. The molecule has 3 heterocycles. The second kappa shape index (κ2) is 7.22. The van der Waals surface area contributed by atoms with Crippen molar-refractivity contribution in [3.05, 3.63) is 48.2 Å². The van der Waals surface area contributed by atoms with Gasteiger partial charge in [0, 0.05) is 11.8 Å². The summed E-state index contributed by atoms with van der Waals surface area (Å²) in [5.41, 5.74) is 0.750. The summed E-state index contributed by atoms with van der Waals surface area (Å²) in [6.07, 6.45) is 2.54. The van der Waals surface area contributed by atoms with Crippen LogP contribution in [0.4, 0.5) is 4.39 Å². The Kier molecular flexibility index (Phi) is 5.00. The molecule has 11 heteroatoms. The van der Waals surface area contributed by atoms with Gasteiger partial charge in [-0.3, -0.25) is 9.78 Å². The lowest BCUT2D eigenvalue weighted by molar-refractivity contribution is 0.0976. The van der Waals surface area contributed by atoms with E-state index in [2.05, 4.69) is 20.2 Å². The number of amides is 1. The SMILES string of the molecule is CCS(=O)(=O)NC(=O)c1cccc(-c2nnc(-c3cncc(F)c3)s2)n1. The maximum atomic E-state index is 13.3. The van der Waals surface area contributed by atoms with Gasteiger partial charge < -0.3 is 0 Å². The standard InChI is InChI=1S/C15H12FN5O3S2/c1-2-26(23,24)21-13(22)11-4-3-5-12(18-11)15-20-19-14(25-15)9-6-10(16)8-17-7-9/h3-8H,2H2,1H3,(H,21,22). The molecule has 0 aliphatic carbocycles. The Bertz CT molecular complexity index is 1070.